The minimum absolute atomic E-state index is 0.0579. The molecular formula is C27H29F4N3O3. The van der Waals surface area contributed by atoms with Gasteiger partial charge in [-0.05, 0) is 87.6 Å². The van der Waals surface area contributed by atoms with E-state index in [9.17, 15) is 23.1 Å². The first-order chi connectivity index (χ1) is 17.4. The molecule has 198 valence electrons. The number of carbonyl (C=O) groups excluding carboxylic acids is 1. The number of halogens is 4. The van der Waals surface area contributed by atoms with Gasteiger partial charge in [0.1, 0.15) is 17.2 Å². The number of piperidine rings is 1. The second-order valence-corrected chi connectivity index (χ2v) is 10.6. The molecular weight excluding hydrogens is 490 g/mol. The number of rotatable bonds is 4. The first kappa shape index (κ1) is 25.5. The molecule has 2 aliphatic rings. The van der Waals surface area contributed by atoms with Crippen LogP contribution in [0.4, 0.5) is 17.6 Å². The second-order valence-electron chi connectivity index (χ2n) is 10.6. The zero-order valence-electron chi connectivity index (χ0n) is 20.7. The van der Waals surface area contributed by atoms with Crippen LogP contribution in [0.15, 0.2) is 30.5 Å². The lowest BCUT2D eigenvalue weighted by Gasteiger charge is -2.34. The number of fused-ring (bicyclic) bond motifs is 3. The van der Waals surface area contributed by atoms with Crippen LogP contribution in [0, 0.1) is 11.7 Å². The van der Waals surface area contributed by atoms with E-state index in [1.54, 1.807) is 18.7 Å². The molecule has 2 N–H and O–H groups in total. The van der Waals surface area contributed by atoms with Gasteiger partial charge in [0, 0.05) is 35.3 Å². The normalized spacial score (nSPS) is 19.2. The summed E-state index contributed by atoms with van der Waals surface area (Å²) in [5, 5.41) is 11.4. The van der Waals surface area contributed by atoms with Gasteiger partial charge in [0.25, 0.3) is 5.91 Å². The summed E-state index contributed by atoms with van der Waals surface area (Å²) in [6.45, 7) is 4.40. The third kappa shape index (κ3) is 5.16. The Morgan fingerprint density at radius 1 is 1.14 bits per heavy atom. The molecule has 1 atom stereocenters. The van der Waals surface area contributed by atoms with Crippen molar-refractivity contribution in [2.24, 2.45) is 5.92 Å². The number of H-pyrrole nitrogens is 1. The van der Waals surface area contributed by atoms with Crippen LogP contribution in [0.5, 0.6) is 5.75 Å². The van der Waals surface area contributed by atoms with E-state index in [4.69, 9.17) is 0 Å². The van der Waals surface area contributed by atoms with E-state index in [0.717, 1.165) is 41.6 Å². The van der Waals surface area contributed by atoms with Crippen molar-refractivity contribution < 1.29 is 32.2 Å². The number of hydrogen-bond acceptors (Lipinski definition) is 4. The third-order valence-corrected chi connectivity index (χ3v) is 7.72. The van der Waals surface area contributed by atoms with Crippen molar-refractivity contribution in [1.82, 2.24) is 14.9 Å². The fourth-order valence-electron chi connectivity index (χ4n) is 5.73. The Bertz CT molecular complexity index is 1300. The quantitative estimate of drug-likeness (QED) is 0.447. The Hall–Kier alpha value is -3.14. The molecule has 1 aliphatic carbocycles. The molecule has 0 spiro atoms. The van der Waals surface area contributed by atoms with E-state index < -0.39 is 12.0 Å². The zero-order chi connectivity index (χ0) is 26.5. The molecule has 1 amide bonds. The average molecular weight is 520 g/mol. The van der Waals surface area contributed by atoms with E-state index in [2.05, 4.69) is 14.7 Å². The molecule has 2 aromatic heterocycles. The minimum Gasteiger partial charge on any atom is -0.406 e. The first-order valence-corrected chi connectivity index (χ1v) is 12.5. The van der Waals surface area contributed by atoms with Gasteiger partial charge in [-0.3, -0.25) is 4.79 Å². The van der Waals surface area contributed by atoms with Crippen molar-refractivity contribution in [2.75, 3.05) is 13.1 Å². The van der Waals surface area contributed by atoms with Gasteiger partial charge in [-0.1, -0.05) is 0 Å². The van der Waals surface area contributed by atoms with E-state index in [1.165, 1.54) is 18.3 Å². The molecule has 1 saturated heterocycles. The number of aromatic amines is 1. The predicted octanol–water partition coefficient (Wildman–Crippen LogP) is 5.50. The van der Waals surface area contributed by atoms with E-state index >= 15 is 4.39 Å². The van der Waals surface area contributed by atoms with Crippen molar-refractivity contribution in [2.45, 2.75) is 63.8 Å². The molecule has 0 unspecified atom stereocenters. The smallest absolute Gasteiger partial charge is 0.406 e. The van der Waals surface area contributed by atoms with Gasteiger partial charge in [-0.25, -0.2) is 9.37 Å². The van der Waals surface area contributed by atoms with Crippen LogP contribution in [0.1, 0.15) is 66.2 Å². The number of benzene rings is 1. The Morgan fingerprint density at radius 3 is 2.43 bits per heavy atom. The monoisotopic (exact) mass is 519 g/mol. The first-order valence-electron chi connectivity index (χ1n) is 12.5. The number of hydrogen-bond donors (Lipinski definition) is 2. The highest BCUT2D eigenvalue weighted by Gasteiger charge is 2.35. The Labute approximate surface area is 211 Å². The summed E-state index contributed by atoms with van der Waals surface area (Å²) in [4.78, 5) is 22.3. The maximum absolute atomic E-state index is 15.3. The molecule has 5 rings (SSSR count). The second kappa shape index (κ2) is 9.31. The summed E-state index contributed by atoms with van der Waals surface area (Å²) in [7, 11) is 0. The summed E-state index contributed by atoms with van der Waals surface area (Å²) in [5.74, 6) is -1.10. The summed E-state index contributed by atoms with van der Waals surface area (Å²) in [6.07, 6.45) is -0.212. The number of nitrogens with one attached hydrogen (secondary N) is 1. The average Bonchev–Trinajstić information content (AvgIpc) is 3.21. The van der Waals surface area contributed by atoms with Gasteiger partial charge < -0.3 is 19.7 Å². The lowest BCUT2D eigenvalue weighted by atomic mass is 9.76. The maximum Gasteiger partial charge on any atom is 0.573 e. The Morgan fingerprint density at radius 2 is 1.81 bits per heavy atom. The molecule has 3 aromatic rings. The zero-order valence-corrected chi connectivity index (χ0v) is 20.7. The van der Waals surface area contributed by atoms with Gasteiger partial charge >= 0.3 is 6.36 Å². The van der Waals surface area contributed by atoms with Gasteiger partial charge in [0.15, 0.2) is 0 Å². The fourth-order valence-corrected chi connectivity index (χ4v) is 5.73. The highest BCUT2D eigenvalue weighted by molar-refractivity contribution is 5.94. The molecule has 0 radical (unpaired) electrons. The molecule has 6 nitrogen and oxygen atoms in total. The highest BCUT2D eigenvalue weighted by Crippen LogP contribution is 2.41. The molecule has 1 aromatic carbocycles. The van der Waals surface area contributed by atoms with Crippen molar-refractivity contribution in [1.29, 1.82) is 0 Å². The molecule has 0 saturated carbocycles. The van der Waals surface area contributed by atoms with E-state index in [0.29, 0.717) is 43.6 Å². The van der Waals surface area contributed by atoms with Gasteiger partial charge in [-0.15, -0.1) is 13.2 Å². The van der Waals surface area contributed by atoms with Crippen LogP contribution >= 0.6 is 0 Å². The van der Waals surface area contributed by atoms with Crippen molar-refractivity contribution in [3.8, 4) is 5.75 Å². The topological polar surface area (TPSA) is 78.5 Å². The molecule has 1 aliphatic heterocycles. The number of ether oxygens (including phenoxy) is 1. The van der Waals surface area contributed by atoms with Gasteiger partial charge in [-0.2, -0.15) is 0 Å². The highest BCUT2D eigenvalue weighted by atomic mass is 19.4. The van der Waals surface area contributed by atoms with Crippen molar-refractivity contribution in [3.63, 3.8) is 0 Å². The van der Waals surface area contributed by atoms with Crippen molar-refractivity contribution in [3.05, 3.63) is 58.7 Å². The lowest BCUT2D eigenvalue weighted by molar-refractivity contribution is -0.274. The van der Waals surface area contributed by atoms with E-state index in [1.807, 2.05) is 0 Å². The van der Waals surface area contributed by atoms with Crippen LogP contribution in [0.3, 0.4) is 0 Å². The summed E-state index contributed by atoms with van der Waals surface area (Å²) >= 11 is 0. The van der Waals surface area contributed by atoms with Crippen LogP contribution in [-0.2, 0) is 12.8 Å². The van der Waals surface area contributed by atoms with Crippen LogP contribution in [0.2, 0.25) is 0 Å². The number of carbonyl (C=O) groups is 1. The Kier molecular flexibility index (Phi) is 6.42. The minimum atomic E-state index is -4.80. The van der Waals surface area contributed by atoms with Gasteiger partial charge in [0.05, 0.1) is 11.8 Å². The van der Waals surface area contributed by atoms with Crippen LogP contribution in [0.25, 0.3) is 11.0 Å². The summed E-state index contributed by atoms with van der Waals surface area (Å²) in [6, 6.07) is 4.86. The standard InChI is InChI=1S/C27H29F4N3O3/c1-26(2,36)17-5-8-21-19(13-17)23-22(20(28)14-32-24(23)33-21)15-9-11-34(12-10-15)25(35)16-3-6-18(7-4-16)37-27(29,30)31/h3-4,6-7,14-15,17,36H,5,8-13H2,1-2H3,(H,32,33)/t17-/m1/s1. The van der Waals surface area contributed by atoms with E-state index in [-0.39, 0.29) is 34.9 Å². The predicted molar refractivity (Wildman–Crippen MR) is 129 cm³/mol. The van der Waals surface area contributed by atoms with Gasteiger partial charge in [0.2, 0.25) is 0 Å². The molecule has 0 bridgehead atoms. The third-order valence-electron chi connectivity index (χ3n) is 7.72. The number of nitrogens with zero attached hydrogens (tertiary/aromatic N) is 2. The number of aryl methyl sites for hydroxylation is 1. The fraction of sp³-hybridized carbons (Fsp3) is 0.481. The number of likely N-dealkylation sites (tertiary alicyclic amines) is 1. The maximum atomic E-state index is 15.3. The number of alkyl halides is 3. The summed E-state index contributed by atoms with van der Waals surface area (Å²) < 4.78 is 56.3. The summed E-state index contributed by atoms with van der Waals surface area (Å²) in [5.41, 5.74) is 2.75. The lowest BCUT2D eigenvalue weighted by Crippen LogP contribution is -2.38. The molecule has 3 heterocycles. The molecule has 10 heteroatoms. The Balaban J connectivity index is 1.34. The number of amides is 1. The van der Waals surface area contributed by atoms with Crippen molar-refractivity contribution >= 4 is 16.9 Å². The van der Waals surface area contributed by atoms with Crippen LogP contribution < -0.4 is 4.74 Å². The molecule has 1 fully saturated rings. The molecule has 37 heavy (non-hydrogen) atoms. The number of aliphatic hydroxyl groups is 1. The number of pyridine rings is 1. The number of aromatic nitrogens is 2. The van der Waals surface area contributed by atoms with Crippen LogP contribution in [-0.4, -0.2) is 50.9 Å². The SMILES string of the molecule is CC(C)(O)[C@@H]1CCc2[nH]c3ncc(F)c(C4CCN(C(=O)c5ccc(OC(F)(F)F)cc5)CC4)c3c2C1. The largest absolute Gasteiger partial charge is 0.573 e.